The molecule has 24 heavy (non-hydrogen) atoms. The van der Waals surface area contributed by atoms with Crippen molar-refractivity contribution in [2.24, 2.45) is 5.73 Å². The highest BCUT2D eigenvalue weighted by atomic mass is 16.2. The number of likely N-dealkylation sites (N-methyl/N-ethyl adjacent to an activating group) is 1. The van der Waals surface area contributed by atoms with E-state index in [9.17, 15) is 9.59 Å². The number of nitrogens with two attached hydrogens (primary N) is 1. The Morgan fingerprint density at radius 2 is 1.67 bits per heavy atom. The van der Waals surface area contributed by atoms with E-state index in [1.807, 2.05) is 42.5 Å². The van der Waals surface area contributed by atoms with Gasteiger partial charge >= 0.3 is 0 Å². The molecule has 2 aromatic rings. The summed E-state index contributed by atoms with van der Waals surface area (Å²) in [6, 6.07) is 16.5. The van der Waals surface area contributed by atoms with Crippen LogP contribution in [0.5, 0.6) is 0 Å². The van der Waals surface area contributed by atoms with E-state index in [2.05, 4.69) is 5.32 Å². The summed E-state index contributed by atoms with van der Waals surface area (Å²) >= 11 is 0. The van der Waals surface area contributed by atoms with Gasteiger partial charge in [-0.25, -0.2) is 0 Å². The van der Waals surface area contributed by atoms with Crippen molar-refractivity contribution in [1.29, 1.82) is 0 Å². The Hall–Kier alpha value is -2.66. The van der Waals surface area contributed by atoms with Gasteiger partial charge in [0.1, 0.15) is 5.54 Å². The van der Waals surface area contributed by atoms with Crippen LogP contribution in [0.3, 0.4) is 0 Å². The fourth-order valence-corrected chi connectivity index (χ4v) is 2.56. The smallest absolute Gasteiger partial charge is 0.251 e. The molecule has 0 saturated heterocycles. The SMILES string of the molecule is CNC(=O)c1ccc(CN(C)C(=O)C(C)(N)c2ccccc2)cc1. The zero-order valence-electron chi connectivity index (χ0n) is 14.2. The van der Waals surface area contributed by atoms with E-state index in [4.69, 9.17) is 5.73 Å². The predicted octanol–water partition coefficient (Wildman–Crippen LogP) is 1.88. The minimum Gasteiger partial charge on any atom is -0.355 e. The summed E-state index contributed by atoms with van der Waals surface area (Å²) in [5, 5.41) is 2.58. The van der Waals surface area contributed by atoms with Gasteiger partial charge in [-0.15, -0.1) is 0 Å². The van der Waals surface area contributed by atoms with E-state index < -0.39 is 5.54 Å². The first kappa shape index (κ1) is 17.7. The molecule has 3 N–H and O–H groups in total. The third-order valence-electron chi connectivity index (χ3n) is 4.03. The summed E-state index contributed by atoms with van der Waals surface area (Å²) in [6.07, 6.45) is 0. The van der Waals surface area contributed by atoms with Crippen LogP contribution in [0, 0.1) is 0 Å². The van der Waals surface area contributed by atoms with Crippen LogP contribution in [0.2, 0.25) is 0 Å². The predicted molar refractivity (Wildman–Crippen MR) is 94.3 cm³/mol. The van der Waals surface area contributed by atoms with Gasteiger partial charge in [-0.05, 0) is 30.2 Å². The third kappa shape index (κ3) is 3.81. The Morgan fingerprint density at radius 3 is 2.21 bits per heavy atom. The van der Waals surface area contributed by atoms with Crippen molar-refractivity contribution < 1.29 is 9.59 Å². The monoisotopic (exact) mass is 325 g/mol. The molecule has 0 aliphatic heterocycles. The van der Waals surface area contributed by atoms with Gasteiger partial charge in [0.15, 0.2) is 0 Å². The first-order chi connectivity index (χ1) is 11.4. The maximum absolute atomic E-state index is 12.7. The van der Waals surface area contributed by atoms with Crippen LogP contribution in [0.1, 0.15) is 28.4 Å². The number of benzene rings is 2. The lowest BCUT2D eigenvalue weighted by molar-refractivity contribution is -0.136. The summed E-state index contributed by atoms with van der Waals surface area (Å²) in [6.45, 7) is 2.14. The van der Waals surface area contributed by atoms with Gasteiger partial charge in [-0.3, -0.25) is 9.59 Å². The Balaban J connectivity index is 2.10. The molecule has 0 aliphatic carbocycles. The molecular weight excluding hydrogens is 302 g/mol. The second-order valence-corrected chi connectivity index (χ2v) is 6.01. The van der Waals surface area contributed by atoms with Gasteiger partial charge in [0.2, 0.25) is 5.91 Å². The molecule has 2 aromatic carbocycles. The van der Waals surface area contributed by atoms with E-state index >= 15 is 0 Å². The van der Waals surface area contributed by atoms with Crippen LogP contribution in [-0.2, 0) is 16.9 Å². The molecule has 126 valence electrons. The molecule has 0 aromatic heterocycles. The molecule has 0 aliphatic rings. The van der Waals surface area contributed by atoms with Crippen molar-refractivity contribution in [3.05, 3.63) is 71.3 Å². The van der Waals surface area contributed by atoms with Gasteiger partial charge in [-0.1, -0.05) is 42.5 Å². The van der Waals surface area contributed by atoms with Gasteiger partial charge in [-0.2, -0.15) is 0 Å². The van der Waals surface area contributed by atoms with Gasteiger partial charge in [0, 0.05) is 26.2 Å². The summed E-state index contributed by atoms with van der Waals surface area (Å²) in [7, 11) is 3.32. The molecule has 1 atom stereocenters. The van der Waals surface area contributed by atoms with Gasteiger partial charge < -0.3 is 16.0 Å². The standard InChI is InChI=1S/C19H23N3O2/c1-19(20,16-7-5-4-6-8-16)18(24)22(3)13-14-9-11-15(12-10-14)17(23)21-2/h4-12H,13,20H2,1-3H3,(H,21,23). The molecule has 5 nitrogen and oxygen atoms in total. The Labute approximate surface area is 142 Å². The molecule has 2 amide bonds. The summed E-state index contributed by atoms with van der Waals surface area (Å²) in [5.41, 5.74) is 7.48. The second kappa shape index (κ2) is 7.27. The highest BCUT2D eigenvalue weighted by Crippen LogP contribution is 2.20. The van der Waals surface area contributed by atoms with Crippen LogP contribution < -0.4 is 11.1 Å². The first-order valence-corrected chi connectivity index (χ1v) is 7.77. The number of carbonyl (C=O) groups excluding carboxylic acids is 2. The third-order valence-corrected chi connectivity index (χ3v) is 4.03. The van der Waals surface area contributed by atoms with Crippen LogP contribution in [0.15, 0.2) is 54.6 Å². The molecule has 0 radical (unpaired) electrons. The molecule has 0 saturated carbocycles. The maximum Gasteiger partial charge on any atom is 0.251 e. The zero-order valence-corrected chi connectivity index (χ0v) is 14.2. The zero-order chi connectivity index (χ0) is 17.7. The van der Waals surface area contributed by atoms with E-state index in [1.165, 1.54) is 0 Å². The fourth-order valence-electron chi connectivity index (χ4n) is 2.56. The number of nitrogens with one attached hydrogen (secondary N) is 1. The minimum absolute atomic E-state index is 0.135. The van der Waals surface area contributed by atoms with Crippen molar-refractivity contribution in [1.82, 2.24) is 10.2 Å². The van der Waals surface area contributed by atoms with Crippen molar-refractivity contribution in [2.75, 3.05) is 14.1 Å². The van der Waals surface area contributed by atoms with Crippen LogP contribution in [0.25, 0.3) is 0 Å². The molecule has 0 bridgehead atoms. The first-order valence-electron chi connectivity index (χ1n) is 7.77. The Kier molecular flexibility index (Phi) is 5.36. The van der Waals surface area contributed by atoms with E-state index in [-0.39, 0.29) is 11.8 Å². The number of carbonyl (C=O) groups is 2. The van der Waals surface area contributed by atoms with Gasteiger partial charge in [0.05, 0.1) is 0 Å². The second-order valence-electron chi connectivity index (χ2n) is 6.01. The molecular formula is C19H23N3O2. The molecule has 0 spiro atoms. The van der Waals surface area contributed by atoms with Crippen LogP contribution >= 0.6 is 0 Å². The van der Waals surface area contributed by atoms with Crippen LogP contribution in [0.4, 0.5) is 0 Å². The highest BCUT2D eigenvalue weighted by molar-refractivity contribution is 5.94. The highest BCUT2D eigenvalue weighted by Gasteiger charge is 2.32. The average Bonchev–Trinajstić information content (AvgIpc) is 2.61. The Morgan fingerprint density at radius 1 is 1.08 bits per heavy atom. The summed E-state index contributed by atoms with van der Waals surface area (Å²) in [5.74, 6) is -0.298. The van der Waals surface area contributed by atoms with Crippen molar-refractivity contribution in [2.45, 2.75) is 19.0 Å². The minimum atomic E-state index is -1.09. The topological polar surface area (TPSA) is 75.4 Å². The van der Waals surface area contributed by atoms with Crippen molar-refractivity contribution in [3.8, 4) is 0 Å². The number of amides is 2. The number of rotatable bonds is 5. The van der Waals surface area contributed by atoms with Crippen LogP contribution in [-0.4, -0.2) is 30.8 Å². The quantitative estimate of drug-likeness (QED) is 0.881. The lowest BCUT2D eigenvalue weighted by atomic mass is 9.91. The summed E-state index contributed by atoms with van der Waals surface area (Å²) in [4.78, 5) is 25.9. The molecule has 5 heteroatoms. The number of nitrogens with zero attached hydrogens (tertiary/aromatic N) is 1. The number of hydrogen-bond acceptors (Lipinski definition) is 3. The van der Waals surface area contributed by atoms with Crippen molar-refractivity contribution in [3.63, 3.8) is 0 Å². The molecule has 0 heterocycles. The summed E-state index contributed by atoms with van der Waals surface area (Å²) < 4.78 is 0. The number of hydrogen-bond donors (Lipinski definition) is 2. The average molecular weight is 325 g/mol. The Bertz CT molecular complexity index is 709. The lowest BCUT2D eigenvalue weighted by Gasteiger charge is -2.29. The lowest BCUT2D eigenvalue weighted by Crippen LogP contribution is -2.49. The van der Waals surface area contributed by atoms with E-state index in [0.717, 1.165) is 11.1 Å². The molecule has 2 rings (SSSR count). The maximum atomic E-state index is 12.7. The van der Waals surface area contributed by atoms with Crippen molar-refractivity contribution >= 4 is 11.8 Å². The molecule has 1 unspecified atom stereocenters. The molecule has 0 fully saturated rings. The largest absolute Gasteiger partial charge is 0.355 e. The normalized spacial score (nSPS) is 13.0. The van der Waals surface area contributed by atoms with Gasteiger partial charge in [0.25, 0.3) is 5.91 Å². The fraction of sp³-hybridized carbons (Fsp3) is 0.263. The van der Waals surface area contributed by atoms with E-state index in [1.54, 1.807) is 38.1 Å². The van der Waals surface area contributed by atoms with E-state index in [0.29, 0.717) is 12.1 Å².